The van der Waals surface area contributed by atoms with E-state index >= 15 is 0 Å². The summed E-state index contributed by atoms with van der Waals surface area (Å²) in [6.45, 7) is 7.80. The summed E-state index contributed by atoms with van der Waals surface area (Å²) < 4.78 is 0. The number of benzene rings is 3. The maximum Gasteiger partial charge on any atom is 0.227 e. The fraction of sp³-hybridized carbons (Fsp3) is 0.179. The zero-order chi connectivity index (χ0) is 23.9. The lowest BCUT2D eigenvalue weighted by Crippen LogP contribution is -2.53. The molecule has 5 rings (SSSR count). The second kappa shape index (κ2) is 8.61. The molecule has 0 N–H and O–H groups in total. The molecule has 3 aromatic carbocycles. The molecule has 0 bridgehead atoms. The maximum atomic E-state index is 12.5. The smallest absolute Gasteiger partial charge is 0.227 e. The number of para-hydroxylation sites is 1. The average Bonchev–Trinajstić information content (AvgIpc) is 3.22. The lowest BCUT2D eigenvalue weighted by molar-refractivity contribution is -0.110. The van der Waals surface area contributed by atoms with Gasteiger partial charge in [-0.25, -0.2) is 10.0 Å². The molecule has 2 heterocycles. The van der Waals surface area contributed by atoms with E-state index in [4.69, 9.17) is 10.2 Å². The van der Waals surface area contributed by atoms with Gasteiger partial charge in [0.15, 0.2) is 10.8 Å². The number of allylic oxidation sites excluding steroid dienone is 1. The molecule has 0 saturated carbocycles. The van der Waals surface area contributed by atoms with Crippen LogP contribution in [0.4, 0.5) is 11.4 Å². The molecule has 0 saturated heterocycles. The van der Waals surface area contributed by atoms with Crippen molar-refractivity contribution in [3.8, 4) is 0 Å². The van der Waals surface area contributed by atoms with Gasteiger partial charge in [-0.3, -0.25) is 4.79 Å². The predicted octanol–water partition coefficient (Wildman–Crippen LogP) is 6.20. The van der Waals surface area contributed by atoms with Crippen molar-refractivity contribution in [3.63, 3.8) is 0 Å². The third kappa shape index (κ3) is 3.84. The first kappa shape index (κ1) is 22.2. The van der Waals surface area contributed by atoms with Gasteiger partial charge in [0, 0.05) is 12.5 Å². The van der Waals surface area contributed by atoms with Crippen molar-refractivity contribution in [2.24, 2.45) is 10.2 Å². The molecule has 3 aromatic rings. The zero-order valence-corrected chi connectivity index (χ0v) is 20.5. The second-order valence-electron chi connectivity index (χ2n) is 8.66. The molecule has 0 amide bonds. The molecule has 0 radical (unpaired) electrons. The van der Waals surface area contributed by atoms with E-state index in [1.165, 1.54) is 17.3 Å². The molecule has 1 atom stereocenters. The van der Waals surface area contributed by atoms with Crippen LogP contribution in [0.5, 0.6) is 0 Å². The van der Waals surface area contributed by atoms with E-state index < -0.39 is 4.99 Å². The van der Waals surface area contributed by atoms with Crippen molar-refractivity contribution in [1.82, 2.24) is 0 Å². The van der Waals surface area contributed by atoms with Gasteiger partial charge in [0.2, 0.25) is 4.99 Å². The number of nitrogens with zero attached hydrogens (tertiary/aromatic N) is 4. The monoisotopic (exact) mass is 466 g/mol. The van der Waals surface area contributed by atoms with Crippen LogP contribution in [0.2, 0.25) is 0 Å². The summed E-state index contributed by atoms with van der Waals surface area (Å²) in [6.07, 6.45) is 4.16. The van der Waals surface area contributed by atoms with Crippen LogP contribution in [-0.4, -0.2) is 21.5 Å². The summed E-state index contributed by atoms with van der Waals surface area (Å²) in [7, 11) is 0. The van der Waals surface area contributed by atoms with Gasteiger partial charge in [-0.2, -0.15) is 10.2 Å². The van der Waals surface area contributed by atoms with E-state index in [2.05, 4.69) is 63.3 Å². The minimum atomic E-state index is -0.850. The fourth-order valence-corrected chi connectivity index (χ4v) is 5.34. The summed E-state index contributed by atoms with van der Waals surface area (Å²) in [5.74, 6) is -0.0646. The quantitative estimate of drug-likeness (QED) is 0.459. The van der Waals surface area contributed by atoms with Crippen molar-refractivity contribution < 1.29 is 4.79 Å². The number of hydrogen-bond donors (Lipinski definition) is 0. The number of carbonyl (C=O) groups excluding carboxylic acids is 1. The van der Waals surface area contributed by atoms with Gasteiger partial charge >= 0.3 is 0 Å². The summed E-state index contributed by atoms with van der Waals surface area (Å²) >= 11 is 1.42. The number of hydrogen-bond acceptors (Lipinski definition) is 6. The molecule has 2 aliphatic heterocycles. The van der Waals surface area contributed by atoms with Crippen LogP contribution < -0.4 is 10.0 Å². The average molecular weight is 467 g/mol. The third-order valence-electron chi connectivity index (χ3n) is 5.93. The highest BCUT2D eigenvalue weighted by Gasteiger charge is 2.51. The van der Waals surface area contributed by atoms with Gasteiger partial charge in [0.1, 0.15) is 0 Å². The number of aryl methyl sites for hydroxylation is 3. The Morgan fingerprint density at radius 2 is 1.53 bits per heavy atom. The van der Waals surface area contributed by atoms with Crippen molar-refractivity contribution in [3.05, 3.63) is 107 Å². The summed E-state index contributed by atoms with van der Waals surface area (Å²) in [4.78, 5) is 11.6. The third-order valence-corrected chi connectivity index (χ3v) is 7.27. The number of carbonyl (C=O) groups is 1. The SMILES string of the molecule is CC(=O)C1=NN(c2cccc(C)c2)C2(C=CC(c3cc(C)ccc3C)=NN2c2ccccc2)S1. The number of rotatable bonds is 4. The molecule has 170 valence electrons. The fourth-order valence-electron chi connectivity index (χ4n) is 4.19. The normalized spacial score (nSPS) is 19.4. The Balaban J connectivity index is 1.70. The minimum absolute atomic E-state index is 0.0646. The van der Waals surface area contributed by atoms with E-state index in [1.54, 1.807) is 6.92 Å². The summed E-state index contributed by atoms with van der Waals surface area (Å²) in [5, 5.41) is 14.3. The van der Waals surface area contributed by atoms with Crippen LogP contribution in [0.25, 0.3) is 0 Å². The van der Waals surface area contributed by atoms with Crippen LogP contribution in [-0.2, 0) is 4.79 Å². The molecule has 1 unspecified atom stereocenters. The van der Waals surface area contributed by atoms with Crippen molar-refractivity contribution >= 4 is 39.7 Å². The maximum absolute atomic E-state index is 12.5. The van der Waals surface area contributed by atoms with E-state index in [-0.39, 0.29) is 5.78 Å². The highest BCUT2D eigenvalue weighted by Crippen LogP contribution is 2.48. The van der Waals surface area contributed by atoms with Crippen LogP contribution in [0.3, 0.4) is 0 Å². The molecule has 6 heteroatoms. The first-order valence-corrected chi connectivity index (χ1v) is 12.1. The van der Waals surface area contributed by atoms with E-state index in [1.807, 2.05) is 52.5 Å². The Labute approximate surface area is 204 Å². The van der Waals surface area contributed by atoms with E-state index in [9.17, 15) is 4.79 Å². The first-order valence-electron chi connectivity index (χ1n) is 11.2. The van der Waals surface area contributed by atoms with Crippen LogP contribution in [0.1, 0.15) is 29.2 Å². The summed E-state index contributed by atoms with van der Waals surface area (Å²) in [5.41, 5.74) is 7.24. The highest BCUT2D eigenvalue weighted by molar-refractivity contribution is 8.17. The Kier molecular flexibility index (Phi) is 5.62. The first-order chi connectivity index (χ1) is 16.4. The van der Waals surface area contributed by atoms with Gasteiger partial charge in [-0.05, 0) is 86.1 Å². The van der Waals surface area contributed by atoms with Gasteiger partial charge in [0.25, 0.3) is 0 Å². The second-order valence-corrected chi connectivity index (χ2v) is 9.85. The molecule has 0 aliphatic carbocycles. The molecule has 0 aromatic heterocycles. The number of anilines is 2. The molecule has 2 aliphatic rings. The lowest BCUT2D eigenvalue weighted by atomic mass is 10.00. The van der Waals surface area contributed by atoms with Crippen LogP contribution in [0.15, 0.2) is 95.2 Å². The molecular formula is C28H26N4OS. The Morgan fingerprint density at radius 1 is 0.824 bits per heavy atom. The van der Waals surface area contributed by atoms with Crippen molar-refractivity contribution in [2.75, 3.05) is 10.0 Å². The highest BCUT2D eigenvalue weighted by atomic mass is 32.2. The molecule has 34 heavy (non-hydrogen) atoms. The van der Waals surface area contributed by atoms with E-state index in [0.717, 1.165) is 33.8 Å². The number of hydrazone groups is 2. The van der Waals surface area contributed by atoms with Crippen molar-refractivity contribution in [1.29, 1.82) is 0 Å². The van der Waals surface area contributed by atoms with Gasteiger partial charge in [-0.15, -0.1) is 0 Å². The molecular weight excluding hydrogens is 440 g/mol. The zero-order valence-electron chi connectivity index (χ0n) is 19.7. The standard InChI is InChI=1S/C28H26N4OS/c1-19-9-8-12-24(17-19)32-28(34-27(30-32)22(4)33)16-15-26(25-18-20(2)13-14-21(25)3)29-31(28)23-10-6-5-7-11-23/h5-18H,1-4H3. The van der Waals surface area contributed by atoms with Crippen LogP contribution in [0, 0.1) is 20.8 Å². The number of thioether (sulfide) groups is 1. The minimum Gasteiger partial charge on any atom is -0.292 e. The lowest BCUT2D eigenvalue weighted by Gasteiger charge is -2.43. The predicted molar refractivity (Wildman–Crippen MR) is 143 cm³/mol. The Morgan fingerprint density at radius 3 is 2.26 bits per heavy atom. The summed E-state index contributed by atoms with van der Waals surface area (Å²) in [6, 6.07) is 24.6. The molecule has 0 fully saturated rings. The molecule has 1 spiro atoms. The number of ketones is 1. The molecule has 5 nitrogen and oxygen atoms in total. The largest absolute Gasteiger partial charge is 0.292 e. The number of Topliss-reactive ketones (excluding diaryl/α,β-unsaturated/α-hetero) is 1. The van der Waals surface area contributed by atoms with Gasteiger partial charge in [-0.1, -0.05) is 48.0 Å². The Bertz CT molecular complexity index is 1360. The van der Waals surface area contributed by atoms with Crippen molar-refractivity contribution in [2.45, 2.75) is 32.7 Å². The topological polar surface area (TPSA) is 48.3 Å². The van der Waals surface area contributed by atoms with Crippen LogP contribution >= 0.6 is 11.8 Å². The van der Waals surface area contributed by atoms with E-state index in [0.29, 0.717) is 5.04 Å². The van der Waals surface area contributed by atoms with Gasteiger partial charge < -0.3 is 0 Å². The van der Waals surface area contributed by atoms with Gasteiger partial charge in [0.05, 0.1) is 17.1 Å². The Hall–Kier alpha value is -3.64.